The molecule has 2 rings (SSSR count). The van der Waals surface area contributed by atoms with Gasteiger partial charge in [-0.1, -0.05) is 26.8 Å². The van der Waals surface area contributed by atoms with Crippen molar-refractivity contribution < 1.29 is 4.74 Å². The van der Waals surface area contributed by atoms with Crippen LogP contribution in [0.4, 0.5) is 5.82 Å². The van der Waals surface area contributed by atoms with E-state index < -0.39 is 0 Å². The van der Waals surface area contributed by atoms with Crippen molar-refractivity contribution >= 4 is 5.82 Å². The Labute approximate surface area is 123 Å². The molecule has 20 heavy (non-hydrogen) atoms. The van der Waals surface area contributed by atoms with Gasteiger partial charge in [-0.3, -0.25) is 0 Å². The summed E-state index contributed by atoms with van der Waals surface area (Å²) in [6.07, 6.45) is 6.42. The minimum absolute atomic E-state index is 0.414. The summed E-state index contributed by atoms with van der Waals surface area (Å²) >= 11 is 0. The molecule has 1 aromatic rings. The van der Waals surface area contributed by atoms with Crippen LogP contribution < -0.4 is 5.32 Å². The van der Waals surface area contributed by atoms with Crippen molar-refractivity contribution in [3.63, 3.8) is 0 Å². The summed E-state index contributed by atoms with van der Waals surface area (Å²) in [6, 6.07) is 6.11. The molecule has 1 heterocycles. The van der Waals surface area contributed by atoms with Crippen molar-refractivity contribution in [1.29, 1.82) is 0 Å². The van der Waals surface area contributed by atoms with Gasteiger partial charge in [0.05, 0.1) is 18.4 Å². The quantitative estimate of drug-likeness (QED) is 0.836. The van der Waals surface area contributed by atoms with Gasteiger partial charge in [0.15, 0.2) is 0 Å². The van der Waals surface area contributed by atoms with Gasteiger partial charge in [0.1, 0.15) is 5.82 Å². The number of aromatic nitrogens is 1. The Kier molecular flexibility index (Phi) is 5.41. The molecular weight excluding hydrogens is 248 g/mol. The molecule has 3 nitrogen and oxygen atoms in total. The van der Waals surface area contributed by atoms with E-state index in [4.69, 9.17) is 4.74 Å². The number of nitrogens with one attached hydrogen (secondary N) is 1. The smallest absolute Gasteiger partial charge is 0.126 e. The zero-order valence-corrected chi connectivity index (χ0v) is 13.1. The van der Waals surface area contributed by atoms with E-state index in [0.29, 0.717) is 18.1 Å². The van der Waals surface area contributed by atoms with Gasteiger partial charge in [-0.25, -0.2) is 4.98 Å². The van der Waals surface area contributed by atoms with Crippen molar-refractivity contribution in [2.24, 2.45) is 5.41 Å². The average molecular weight is 276 g/mol. The molecule has 1 fully saturated rings. The van der Waals surface area contributed by atoms with Gasteiger partial charge in [-0.2, -0.15) is 0 Å². The molecule has 1 N–H and O–H groups in total. The Bertz CT molecular complexity index is 407. The van der Waals surface area contributed by atoms with E-state index in [1.165, 1.54) is 25.7 Å². The van der Waals surface area contributed by atoms with Crippen LogP contribution in [0.5, 0.6) is 0 Å². The lowest BCUT2D eigenvalue weighted by molar-refractivity contribution is -0.00683. The van der Waals surface area contributed by atoms with Crippen molar-refractivity contribution in [3.8, 4) is 0 Å². The maximum Gasteiger partial charge on any atom is 0.126 e. The molecule has 0 bridgehead atoms. The van der Waals surface area contributed by atoms with Crippen LogP contribution in [0.25, 0.3) is 0 Å². The van der Waals surface area contributed by atoms with Gasteiger partial charge < -0.3 is 10.1 Å². The van der Waals surface area contributed by atoms with Gasteiger partial charge in [0, 0.05) is 6.54 Å². The van der Waals surface area contributed by atoms with Crippen LogP contribution in [0.15, 0.2) is 18.2 Å². The molecule has 1 aromatic heterocycles. The minimum Gasteiger partial charge on any atom is -0.372 e. The molecule has 0 aromatic carbocycles. The van der Waals surface area contributed by atoms with E-state index in [0.717, 1.165) is 24.5 Å². The van der Waals surface area contributed by atoms with Crippen molar-refractivity contribution in [2.45, 2.75) is 65.6 Å². The number of pyridine rings is 1. The molecule has 0 spiro atoms. The average Bonchev–Trinajstić information content (AvgIpc) is 2.44. The molecule has 1 saturated carbocycles. The van der Waals surface area contributed by atoms with E-state index in [1.807, 2.05) is 18.2 Å². The summed E-state index contributed by atoms with van der Waals surface area (Å²) in [4.78, 5) is 4.59. The lowest BCUT2D eigenvalue weighted by Crippen LogP contribution is -2.26. The first-order valence-electron chi connectivity index (χ1n) is 7.90. The predicted molar refractivity (Wildman–Crippen MR) is 83.8 cm³/mol. The SMILES string of the molecule is CCCNc1cccc(COC2CCC(C)(C)CC2)n1. The molecule has 3 heteroatoms. The Morgan fingerprint density at radius 2 is 2.05 bits per heavy atom. The van der Waals surface area contributed by atoms with Crippen molar-refractivity contribution in [1.82, 2.24) is 4.98 Å². The fourth-order valence-electron chi connectivity index (χ4n) is 2.65. The summed E-state index contributed by atoms with van der Waals surface area (Å²) in [5, 5.41) is 3.32. The van der Waals surface area contributed by atoms with Gasteiger partial charge >= 0.3 is 0 Å². The third kappa shape index (κ3) is 4.78. The van der Waals surface area contributed by atoms with Gasteiger partial charge in [0.2, 0.25) is 0 Å². The third-order valence-electron chi connectivity index (χ3n) is 4.12. The highest BCUT2D eigenvalue weighted by Crippen LogP contribution is 2.36. The van der Waals surface area contributed by atoms with E-state index in [2.05, 4.69) is 31.1 Å². The fourth-order valence-corrected chi connectivity index (χ4v) is 2.65. The highest BCUT2D eigenvalue weighted by Gasteiger charge is 2.27. The zero-order chi connectivity index (χ0) is 14.4. The molecule has 112 valence electrons. The number of rotatable bonds is 6. The predicted octanol–water partition coefficient (Wildman–Crippen LogP) is 4.39. The van der Waals surface area contributed by atoms with Crippen LogP contribution in [-0.4, -0.2) is 17.6 Å². The van der Waals surface area contributed by atoms with Crippen LogP contribution in [0, 0.1) is 5.41 Å². The Hall–Kier alpha value is -1.09. The minimum atomic E-state index is 0.414. The molecule has 0 aliphatic heterocycles. The Morgan fingerprint density at radius 3 is 2.75 bits per heavy atom. The molecule has 0 radical (unpaired) electrons. The van der Waals surface area contributed by atoms with E-state index in [1.54, 1.807) is 0 Å². The normalized spacial score (nSPS) is 18.9. The summed E-state index contributed by atoms with van der Waals surface area (Å²) < 4.78 is 6.03. The largest absolute Gasteiger partial charge is 0.372 e. The third-order valence-corrected chi connectivity index (χ3v) is 4.12. The standard InChI is InChI=1S/C17H28N2O/c1-4-12-18-16-7-5-6-14(19-16)13-20-15-8-10-17(2,3)11-9-15/h5-7,15H,4,8-13H2,1-3H3,(H,18,19). The van der Waals surface area contributed by atoms with Crippen LogP contribution in [0.2, 0.25) is 0 Å². The first-order valence-corrected chi connectivity index (χ1v) is 7.90. The topological polar surface area (TPSA) is 34.1 Å². The Balaban J connectivity index is 1.79. The number of anilines is 1. The van der Waals surface area contributed by atoms with Crippen LogP contribution >= 0.6 is 0 Å². The second kappa shape index (κ2) is 7.07. The molecular formula is C17H28N2O. The number of hydrogen-bond acceptors (Lipinski definition) is 3. The summed E-state index contributed by atoms with van der Waals surface area (Å²) in [7, 11) is 0. The molecule has 0 atom stereocenters. The number of nitrogens with zero attached hydrogens (tertiary/aromatic N) is 1. The molecule has 0 saturated heterocycles. The van der Waals surface area contributed by atoms with E-state index in [-0.39, 0.29) is 0 Å². The summed E-state index contributed by atoms with van der Waals surface area (Å²) in [6.45, 7) is 8.47. The second-order valence-electron chi connectivity index (χ2n) is 6.62. The van der Waals surface area contributed by atoms with E-state index >= 15 is 0 Å². The van der Waals surface area contributed by atoms with E-state index in [9.17, 15) is 0 Å². The molecule has 0 amide bonds. The molecule has 1 aliphatic rings. The zero-order valence-electron chi connectivity index (χ0n) is 13.1. The van der Waals surface area contributed by atoms with Crippen LogP contribution in [-0.2, 0) is 11.3 Å². The van der Waals surface area contributed by atoms with Crippen molar-refractivity contribution in [3.05, 3.63) is 23.9 Å². The second-order valence-corrected chi connectivity index (χ2v) is 6.62. The number of ether oxygens (including phenoxy) is 1. The lowest BCUT2D eigenvalue weighted by Gasteiger charge is -2.34. The maximum absolute atomic E-state index is 6.03. The molecule has 1 aliphatic carbocycles. The lowest BCUT2D eigenvalue weighted by atomic mass is 9.76. The first-order chi connectivity index (χ1) is 9.59. The van der Waals surface area contributed by atoms with Gasteiger partial charge in [-0.05, 0) is 49.7 Å². The van der Waals surface area contributed by atoms with Gasteiger partial charge in [0.25, 0.3) is 0 Å². The Morgan fingerprint density at radius 1 is 1.30 bits per heavy atom. The number of hydrogen-bond donors (Lipinski definition) is 1. The highest BCUT2D eigenvalue weighted by molar-refractivity contribution is 5.34. The summed E-state index contributed by atoms with van der Waals surface area (Å²) in [5.41, 5.74) is 1.53. The van der Waals surface area contributed by atoms with Gasteiger partial charge in [-0.15, -0.1) is 0 Å². The first kappa shape index (κ1) is 15.3. The monoisotopic (exact) mass is 276 g/mol. The molecule has 0 unspecified atom stereocenters. The van der Waals surface area contributed by atoms with Crippen LogP contribution in [0.1, 0.15) is 58.6 Å². The van der Waals surface area contributed by atoms with Crippen molar-refractivity contribution in [2.75, 3.05) is 11.9 Å². The highest BCUT2D eigenvalue weighted by atomic mass is 16.5. The fraction of sp³-hybridized carbons (Fsp3) is 0.706. The van der Waals surface area contributed by atoms with Crippen LogP contribution in [0.3, 0.4) is 0 Å². The maximum atomic E-state index is 6.03. The summed E-state index contributed by atoms with van der Waals surface area (Å²) in [5.74, 6) is 0.956.